The number of likely N-dealkylation sites (tertiary alicyclic amines) is 1. The molecule has 3 rings (SSSR count). The first-order chi connectivity index (χ1) is 11.1. The highest BCUT2D eigenvalue weighted by atomic mass is 79.9. The Hall–Kier alpha value is -1.20. The van der Waals surface area contributed by atoms with E-state index in [-0.39, 0.29) is 18.0 Å². The molecule has 2 atom stereocenters. The minimum absolute atomic E-state index is 0.00129. The van der Waals surface area contributed by atoms with E-state index in [1.165, 1.54) is 0 Å². The number of hydrogen-bond donors (Lipinski definition) is 0. The van der Waals surface area contributed by atoms with Gasteiger partial charge in [0.1, 0.15) is 0 Å². The van der Waals surface area contributed by atoms with Gasteiger partial charge in [-0.15, -0.1) is 0 Å². The van der Waals surface area contributed by atoms with Crippen LogP contribution in [0.3, 0.4) is 0 Å². The molecule has 1 saturated heterocycles. The fourth-order valence-electron chi connectivity index (χ4n) is 3.82. The summed E-state index contributed by atoms with van der Waals surface area (Å²) in [5.41, 5.74) is 0.675. The quantitative estimate of drug-likeness (QED) is 0.811. The Balaban J connectivity index is 1.80. The van der Waals surface area contributed by atoms with Gasteiger partial charge in [-0.25, -0.2) is 0 Å². The topological polar surface area (TPSA) is 40.6 Å². The second-order valence-corrected chi connectivity index (χ2v) is 7.45. The first-order valence-electron chi connectivity index (χ1n) is 8.37. The number of halogens is 1. The maximum atomic E-state index is 12.8. The lowest BCUT2D eigenvalue weighted by Crippen LogP contribution is -2.57. The lowest BCUT2D eigenvalue weighted by Gasteiger charge is -2.41. The van der Waals surface area contributed by atoms with Crippen LogP contribution in [0.15, 0.2) is 28.7 Å². The Morgan fingerprint density at radius 2 is 1.83 bits per heavy atom. The number of likely N-dealkylation sites (N-methyl/N-ethyl adjacent to an activating group) is 1. The van der Waals surface area contributed by atoms with Gasteiger partial charge in [0, 0.05) is 23.5 Å². The average Bonchev–Trinajstić information content (AvgIpc) is 3.08. The van der Waals surface area contributed by atoms with Crippen molar-refractivity contribution in [2.24, 2.45) is 0 Å². The largest absolute Gasteiger partial charge is 0.337 e. The Kier molecular flexibility index (Phi) is 5.17. The summed E-state index contributed by atoms with van der Waals surface area (Å²) < 4.78 is 0.958. The first-order valence-corrected chi connectivity index (χ1v) is 9.17. The molecule has 0 radical (unpaired) electrons. The molecule has 0 spiro atoms. The van der Waals surface area contributed by atoms with Crippen molar-refractivity contribution in [1.29, 1.82) is 0 Å². The van der Waals surface area contributed by atoms with E-state index in [1.54, 1.807) is 4.90 Å². The zero-order valence-electron chi connectivity index (χ0n) is 13.5. The van der Waals surface area contributed by atoms with Gasteiger partial charge in [-0.2, -0.15) is 0 Å². The summed E-state index contributed by atoms with van der Waals surface area (Å²) >= 11 is 3.39. The van der Waals surface area contributed by atoms with Crippen molar-refractivity contribution in [3.05, 3.63) is 34.3 Å². The number of carbonyl (C=O) groups excluding carboxylic acids is 2. The number of amides is 1. The summed E-state index contributed by atoms with van der Waals surface area (Å²) in [4.78, 5) is 29.4. The van der Waals surface area contributed by atoms with E-state index >= 15 is 0 Å². The van der Waals surface area contributed by atoms with Gasteiger partial charge in [0.2, 0.25) is 0 Å². The molecule has 1 aliphatic heterocycles. The maximum absolute atomic E-state index is 12.8. The van der Waals surface area contributed by atoms with E-state index < -0.39 is 0 Å². The highest BCUT2D eigenvalue weighted by molar-refractivity contribution is 9.10. The summed E-state index contributed by atoms with van der Waals surface area (Å²) in [7, 11) is 1.84. The molecule has 23 heavy (non-hydrogen) atoms. The number of nitrogens with zero attached hydrogens (tertiary/aromatic N) is 2. The summed E-state index contributed by atoms with van der Waals surface area (Å²) in [6.45, 7) is 1.96. The Morgan fingerprint density at radius 1 is 1.17 bits per heavy atom. The fourth-order valence-corrected chi connectivity index (χ4v) is 4.09. The van der Waals surface area contributed by atoms with Crippen molar-refractivity contribution in [3.63, 3.8) is 0 Å². The van der Waals surface area contributed by atoms with E-state index in [2.05, 4.69) is 20.8 Å². The van der Waals surface area contributed by atoms with Gasteiger partial charge in [-0.3, -0.25) is 14.5 Å². The number of hydrogen-bond acceptors (Lipinski definition) is 3. The molecule has 4 nitrogen and oxygen atoms in total. The second-order valence-electron chi connectivity index (χ2n) is 6.54. The van der Waals surface area contributed by atoms with E-state index in [0.717, 1.165) is 43.2 Å². The third kappa shape index (κ3) is 3.50. The van der Waals surface area contributed by atoms with Crippen LogP contribution in [0.1, 0.15) is 42.5 Å². The van der Waals surface area contributed by atoms with Crippen LogP contribution < -0.4 is 0 Å². The third-order valence-electron chi connectivity index (χ3n) is 5.06. The minimum atomic E-state index is -0.115. The molecule has 1 heterocycles. The predicted octanol–water partition coefficient (Wildman–Crippen LogP) is 3.11. The monoisotopic (exact) mass is 378 g/mol. The summed E-state index contributed by atoms with van der Waals surface area (Å²) in [5.74, 6) is 0.306. The average molecular weight is 379 g/mol. The van der Waals surface area contributed by atoms with Crippen LogP contribution in [0.5, 0.6) is 0 Å². The molecule has 2 aliphatic rings. The van der Waals surface area contributed by atoms with E-state index in [4.69, 9.17) is 0 Å². The molecule has 124 valence electrons. The van der Waals surface area contributed by atoms with E-state index in [0.29, 0.717) is 17.8 Å². The minimum Gasteiger partial charge on any atom is -0.337 e. The Morgan fingerprint density at radius 3 is 2.48 bits per heavy atom. The number of Topliss-reactive ketones (excluding diaryl/α,β-unsaturated/α-hetero) is 1. The Labute approximate surface area is 146 Å². The molecule has 1 aromatic rings. The van der Waals surface area contributed by atoms with Gasteiger partial charge < -0.3 is 4.90 Å². The van der Waals surface area contributed by atoms with Gasteiger partial charge >= 0.3 is 0 Å². The number of rotatable bonds is 3. The molecule has 5 heteroatoms. The maximum Gasteiger partial charge on any atom is 0.253 e. The molecule has 2 unspecified atom stereocenters. The summed E-state index contributed by atoms with van der Waals surface area (Å²) in [6.07, 6.45) is 4.75. The highest BCUT2D eigenvalue weighted by Gasteiger charge is 2.40. The van der Waals surface area contributed by atoms with Crippen LogP contribution >= 0.6 is 15.9 Å². The third-order valence-corrected chi connectivity index (χ3v) is 5.59. The van der Waals surface area contributed by atoms with Crippen LogP contribution in [0.2, 0.25) is 0 Å². The molecular weight excluding hydrogens is 356 g/mol. The SMILES string of the molecule is CN(C(=O)c1ccc(Br)cc1)C1CCCC(=O)C1N1CCCC1. The molecule has 1 aliphatic carbocycles. The number of ketones is 1. The second kappa shape index (κ2) is 7.14. The lowest BCUT2D eigenvalue weighted by molar-refractivity contribution is -0.128. The van der Waals surface area contributed by atoms with Crippen LogP contribution in [0.4, 0.5) is 0 Å². The zero-order chi connectivity index (χ0) is 16.4. The first kappa shape index (κ1) is 16.7. The van der Waals surface area contributed by atoms with Gasteiger partial charge in [-0.1, -0.05) is 15.9 Å². The molecule has 1 aromatic carbocycles. The molecule has 0 N–H and O–H groups in total. The van der Waals surface area contributed by atoms with Gasteiger partial charge in [0.25, 0.3) is 5.91 Å². The van der Waals surface area contributed by atoms with Gasteiger partial charge in [0.05, 0.1) is 12.1 Å². The molecule has 1 amide bonds. The van der Waals surface area contributed by atoms with Crippen molar-refractivity contribution >= 4 is 27.6 Å². The normalized spacial score (nSPS) is 25.6. The van der Waals surface area contributed by atoms with Crippen LogP contribution in [-0.2, 0) is 4.79 Å². The van der Waals surface area contributed by atoms with Crippen LogP contribution in [-0.4, -0.2) is 53.7 Å². The van der Waals surface area contributed by atoms with Crippen LogP contribution in [0.25, 0.3) is 0 Å². The molecule has 0 bridgehead atoms. The van der Waals surface area contributed by atoms with Crippen molar-refractivity contribution in [3.8, 4) is 0 Å². The van der Waals surface area contributed by atoms with E-state index in [1.807, 2.05) is 31.3 Å². The fraction of sp³-hybridized carbons (Fsp3) is 0.556. The highest BCUT2D eigenvalue weighted by Crippen LogP contribution is 2.28. The van der Waals surface area contributed by atoms with Crippen LogP contribution in [0, 0.1) is 0 Å². The molecule has 2 fully saturated rings. The predicted molar refractivity (Wildman–Crippen MR) is 93.5 cm³/mol. The standard InChI is InChI=1S/C18H23BrN2O2/c1-20(18(23)13-7-9-14(19)10-8-13)15-5-4-6-16(22)17(15)21-11-2-3-12-21/h7-10,15,17H,2-6,11-12H2,1H3. The Bertz CT molecular complexity index is 581. The molecule has 1 saturated carbocycles. The number of carbonyl (C=O) groups is 2. The van der Waals surface area contributed by atoms with Crippen molar-refractivity contribution in [1.82, 2.24) is 9.80 Å². The van der Waals surface area contributed by atoms with Gasteiger partial charge in [-0.05, 0) is 63.0 Å². The summed E-state index contributed by atoms with van der Waals surface area (Å²) in [6, 6.07) is 7.30. The summed E-state index contributed by atoms with van der Waals surface area (Å²) in [5, 5.41) is 0. The van der Waals surface area contributed by atoms with E-state index in [9.17, 15) is 9.59 Å². The zero-order valence-corrected chi connectivity index (χ0v) is 15.1. The number of benzene rings is 1. The molecule has 0 aromatic heterocycles. The molecular formula is C18H23BrN2O2. The van der Waals surface area contributed by atoms with Crippen molar-refractivity contribution in [2.45, 2.75) is 44.2 Å². The van der Waals surface area contributed by atoms with Crippen molar-refractivity contribution < 1.29 is 9.59 Å². The van der Waals surface area contributed by atoms with Crippen molar-refractivity contribution in [2.75, 3.05) is 20.1 Å². The smallest absolute Gasteiger partial charge is 0.253 e. The van der Waals surface area contributed by atoms with Gasteiger partial charge in [0.15, 0.2) is 5.78 Å². The lowest BCUT2D eigenvalue weighted by atomic mass is 9.87.